The Kier molecular flexibility index (Phi) is 6.11. The van der Waals surface area contributed by atoms with Gasteiger partial charge in [-0.2, -0.15) is 11.3 Å². The third-order valence-corrected chi connectivity index (χ3v) is 4.77. The lowest BCUT2D eigenvalue weighted by atomic mass is 10.1. The van der Waals surface area contributed by atoms with Crippen molar-refractivity contribution >= 4 is 28.8 Å². The molecule has 0 aliphatic carbocycles. The lowest BCUT2D eigenvalue weighted by molar-refractivity contribution is -0.136. The number of amides is 2. The molecule has 0 aliphatic rings. The monoisotopic (exact) mass is 345 g/mol. The summed E-state index contributed by atoms with van der Waals surface area (Å²) in [6.45, 7) is 4.26. The van der Waals surface area contributed by atoms with Crippen LogP contribution < -0.4 is 10.6 Å². The molecule has 0 aliphatic heterocycles. The molecule has 1 heterocycles. The average Bonchev–Trinajstić information content (AvgIpc) is 3.05. The van der Waals surface area contributed by atoms with E-state index in [0.29, 0.717) is 12.2 Å². The summed E-state index contributed by atoms with van der Waals surface area (Å²) >= 11 is 1.61. The van der Waals surface area contributed by atoms with Gasteiger partial charge in [0.05, 0.1) is 6.04 Å². The number of carbonyl (C=O) groups is 2. The van der Waals surface area contributed by atoms with E-state index in [9.17, 15) is 9.59 Å². The highest BCUT2D eigenvalue weighted by molar-refractivity contribution is 7.07. The van der Waals surface area contributed by atoms with Crippen LogP contribution in [0, 0.1) is 13.8 Å². The fraction of sp³-hybridized carbons (Fsp3) is 0.333. The maximum atomic E-state index is 12.1. The van der Waals surface area contributed by atoms with Gasteiger partial charge in [-0.1, -0.05) is 12.1 Å². The zero-order chi connectivity index (χ0) is 17.7. The topological polar surface area (TPSA) is 61.4 Å². The molecule has 1 unspecified atom stereocenters. The van der Waals surface area contributed by atoms with Crippen molar-refractivity contribution in [1.82, 2.24) is 10.2 Å². The van der Waals surface area contributed by atoms with E-state index in [1.54, 1.807) is 17.4 Å². The Hall–Kier alpha value is -2.18. The van der Waals surface area contributed by atoms with Crippen molar-refractivity contribution in [2.24, 2.45) is 0 Å². The quantitative estimate of drug-likeness (QED) is 0.819. The van der Waals surface area contributed by atoms with Gasteiger partial charge in [0.15, 0.2) is 0 Å². The summed E-state index contributed by atoms with van der Waals surface area (Å²) in [6.07, 6.45) is 0. The second-order valence-electron chi connectivity index (χ2n) is 5.95. The average molecular weight is 345 g/mol. The minimum Gasteiger partial charge on any atom is -0.346 e. The van der Waals surface area contributed by atoms with E-state index in [1.807, 2.05) is 61.8 Å². The Balaban J connectivity index is 1.96. The minimum atomic E-state index is -0.647. The van der Waals surface area contributed by atoms with Crippen LogP contribution in [0.4, 0.5) is 5.69 Å². The Labute approximate surface area is 146 Å². The van der Waals surface area contributed by atoms with E-state index in [-0.39, 0.29) is 6.04 Å². The molecule has 0 bridgehead atoms. The molecule has 0 spiro atoms. The van der Waals surface area contributed by atoms with Crippen LogP contribution in [0.3, 0.4) is 0 Å². The summed E-state index contributed by atoms with van der Waals surface area (Å²) in [7, 11) is 3.90. The van der Waals surface area contributed by atoms with Crippen LogP contribution in [-0.4, -0.2) is 37.4 Å². The molecule has 1 aromatic heterocycles. The number of carbonyl (C=O) groups excluding carboxylic acids is 2. The second kappa shape index (κ2) is 8.08. The molecule has 5 nitrogen and oxygen atoms in total. The van der Waals surface area contributed by atoms with Gasteiger partial charge < -0.3 is 15.5 Å². The number of benzene rings is 1. The fourth-order valence-electron chi connectivity index (χ4n) is 2.40. The molecular weight excluding hydrogens is 322 g/mol. The van der Waals surface area contributed by atoms with Crippen molar-refractivity contribution in [3.63, 3.8) is 0 Å². The molecule has 2 rings (SSSR count). The van der Waals surface area contributed by atoms with Gasteiger partial charge in [0.1, 0.15) is 0 Å². The first kappa shape index (κ1) is 18.2. The molecule has 24 heavy (non-hydrogen) atoms. The van der Waals surface area contributed by atoms with Crippen LogP contribution in [0.5, 0.6) is 0 Å². The lowest BCUT2D eigenvalue weighted by Gasteiger charge is -2.23. The molecule has 0 fully saturated rings. The van der Waals surface area contributed by atoms with E-state index in [0.717, 1.165) is 16.7 Å². The van der Waals surface area contributed by atoms with Crippen molar-refractivity contribution < 1.29 is 9.59 Å². The van der Waals surface area contributed by atoms with Gasteiger partial charge in [0.2, 0.25) is 0 Å². The Morgan fingerprint density at radius 1 is 1.17 bits per heavy atom. The summed E-state index contributed by atoms with van der Waals surface area (Å²) in [4.78, 5) is 26.2. The third-order valence-electron chi connectivity index (χ3n) is 4.07. The zero-order valence-corrected chi connectivity index (χ0v) is 15.2. The number of likely N-dealkylation sites (N-methyl/N-ethyl adjacent to an activating group) is 1. The number of aryl methyl sites for hydroxylation is 1. The van der Waals surface area contributed by atoms with E-state index in [1.165, 1.54) is 0 Å². The van der Waals surface area contributed by atoms with E-state index >= 15 is 0 Å². The maximum absolute atomic E-state index is 12.1. The van der Waals surface area contributed by atoms with Crippen molar-refractivity contribution in [1.29, 1.82) is 0 Å². The van der Waals surface area contributed by atoms with Crippen LogP contribution in [0.1, 0.15) is 22.7 Å². The highest BCUT2D eigenvalue weighted by Crippen LogP contribution is 2.20. The van der Waals surface area contributed by atoms with Gasteiger partial charge in [0, 0.05) is 12.2 Å². The SMILES string of the molecule is Cc1cccc(NC(=O)C(=O)NCC(c2ccsc2)N(C)C)c1C. The molecule has 1 atom stereocenters. The fourth-order valence-corrected chi connectivity index (χ4v) is 3.11. The predicted octanol–water partition coefficient (Wildman–Crippen LogP) is 2.72. The highest BCUT2D eigenvalue weighted by Gasteiger charge is 2.19. The number of nitrogens with one attached hydrogen (secondary N) is 2. The molecule has 0 saturated carbocycles. The van der Waals surface area contributed by atoms with Crippen molar-refractivity contribution in [3.05, 3.63) is 51.7 Å². The first-order valence-corrected chi connectivity index (χ1v) is 8.68. The zero-order valence-electron chi connectivity index (χ0n) is 14.4. The molecule has 0 radical (unpaired) electrons. The first-order valence-electron chi connectivity index (χ1n) is 7.74. The molecule has 2 aromatic rings. The van der Waals surface area contributed by atoms with E-state index in [2.05, 4.69) is 10.6 Å². The lowest BCUT2D eigenvalue weighted by Crippen LogP contribution is -2.40. The minimum absolute atomic E-state index is 0.0358. The number of nitrogens with zero attached hydrogens (tertiary/aromatic N) is 1. The van der Waals surface area contributed by atoms with Gasteiger partial charge in [-0.15, -0.1) is 0 Å². The van der Waals surface area contributed by atoms with Gasteiger partial charge >= 0.3 is 11.8 Å². The molecule has 0 saturated heterocycles. The van der Waals surface area contributed by atoms with Crippen LogP contribution in [0.15, 0.2) is 35.0 Å². The van der Waals surface area contributed by atoms with Crippen molar-refractivity contribution in [3.8, 4) is 0 Å². The number of hydrogen-bond donors (Lipinski definition) is 2. The maximum Gasteiger partial charge on any atom is 0.313 e. The van der Waals surface area contributed by atoms with Gasteiger partial charge in [0.25, 0.3) is 0 Å². The number of rotatable bonds is 5. The van der Waals surface area contributed by atoms with Crippen LogP contribution in [-0.2, 0) is 9.59 Å². The standard InChI is InChI=1S/C18H23N3O2S/c1-12-6-5-7-15(13(12)2)20-18(23)17(22)19-10-16(21(3)4)14-8-9-24-11-14/h5-9,11,16H,10H2,1-4H3,(H,19,22)(H,20,23). The number of anilines is 1. The van der Waals surface area contributed by atoms with Crippen LogP contribution in [0.25, 0.3) is 0 Å². The smallest absolute Gasteiger partial charge is 0.313 e. The van der Waals surface area contributed by atoms with Crippen molar-refractivity contribution in [2.75, 3.05) is 26.0 Å². The first-order chi connectivity index (χ1) is 11.4. The predicted molar refractivity (Wildman–Crippen MR) is 98.3 cm³/mol. The van der Waals surface area contributed by atoms with Gasteiger partial charge in [-0.25, -0.2) is 0 Å². The van der Waals surface area contributed by atoms with Crippen molar-refractivity contribution in [2.45, 2.75) is 19.9 Å². The van der Waals surface area contributed by atoms with Gasteiger partial charge in [-0.3, -0.25) is 9.59 Å². The molecular formula is C18H23N3O2S. The summed E-state index contributed by atoms with van der Waals surface area (Å²) in [5.41, 5.74) is 3.82. The van der Waals surface area contributed by atoms with Crippen LogP contribution in [0.2, 0.25) is 0 Å². The molecule has 6 heteroatoms. The number of hydrogen-bond acceptors (Lipinski definition) is 4. The number of thiophene rings is 1. The molecule has 2 amide bonds. The normalized spacial score (nSPS) is 12.0. The highest BCUT2D eigenvalue weighted by atomic mass is 32.1. The Morgan fingerprint density at radius 3 is 2.54 bits per heavy atom. The Bertz CT molecular complexity index is 711. The Morgan fingerprint density at radius 2 is 1.92 bits per heavy atom. The summed E-state index contributed by atoms with van der Waals surface area (Å²) < 4.78 is 0. The summed E-state index contributed by atoms with van der Waals surface area (Å²) in [5, 5.41) is 9.44. The van der Waals surface area contributed by atoms with Crippen LogP contribution >= 0.6 is 11.3 Å². The second-order valence-corrected chi connectivity index (χ2v) is 6.73. The van der Waals surface area contributed by atoms with E-state index in [4.69, 9.17) is 0 Å². The summed E-state index contributed by atoms with van der Waals surface area (Å²) in [6, 6.07) is 7.68. The molecule has 2 N–H and O–H groups in total. The molecule has 128 valence electrons. The summed E-state index contributed by atoms with van der Waals surface area (Å²) in [5.74, 6) is -1.27. The largest absolute Gasteiger partial charge is 0.346 e. The van der Waals surface area contributed by atoms with Gasteiger partial charge in [-0.05, 0) is 67.5 Å². The third kappa shape index (κ3) is 4.43. The molecule has 1 aromatic carbocycles. The van der Waals surface area contributed by atoms with E-state index < -0.39 is 11.8 Å².